The summed E-state index contributed by atoms with van der Waals surface area (Å²) in [4.78, 5) is 39.5. The van der Waals surface area contributed by atoms with E-state index < -0.39 is 46.9 Å². The molecule has 1 aliphatic heterocycles. The predicted octanol–water partition coefficient (Wildman–Crippen LogP) is 2.92. The molecule has 198 valence electrons. The van der Waals surface area contributed by atoms with Gasteiger partial charge in [-0.25, -0.2) is 0 Å². The lowest BCUT2D eigenvalue weighted by Gasteiger charge is -2.52. The molecule has 2 fully saturated rings. The van der Waals surface area contributed by atoms with Gasteiger partial charge in [-0.1, -0.05) is 62.9 Å². The number of amides is 1. The van der Waals surface area contributed by atoms with E-state index in [1.807, 2.05) is 37.3 Å². The first-order valence-corrected chi connectivity index (χ1v) is 12.9. The second-order valence-electron chi connectivity index (χ2n) is 11.0. The number of nitrogens with one attached hydrogen (secondary N) is 1. The largest absolute Gasteiger partial charge is 0.457 e. The van der Waals surface area contributed by atoms with Gasteiger partial charge in [-0.15, -0.1) is 0 Å². The average Bonchev–Trinajstić information content (AvgIpc) is 3.13. The highest BCUT2D eigenvalue weighted by molar-refractivity contribution is 5.91. The molecule has 0 aromatic heterocycles. The van der Waals surface area contributed by atoms with Gasteiger partial charge < -0.3 is 20.3 Å². The number of hydrogen-bond acceptors (Lipinski definition) is 6. The van der Waals surface area contributed by atoms with Crippen LogP contribution in [0.2, 0.25) is 0 Å². The molecule has 1 saturated carbocycles. The Labute approximate surface area is 218 Å². The van der Waals surface area contributed by atoms with Crippen LogP contribution in [0.25, 0.3) is 0 Å². The molecular weight excluding hydrogens is 470 g/mol. The number of carbonyl (C=O) groups is 3. The quantitative estimate of drug-likeness (QED) is 0.428. The zero-order valence-corrected chi connectivity index (χ0v) is 21.9. The lowest BCUT2D eigenvalue weighted by Crippen LogP contribution is -2.60. The van der Waals surface area contributed by atoms with E-state index in [1.54, 1.807) is 19.1 Å². The van der Waals surface area contributed by atoms with E-state index in [0.29, 0.717) is 18.4 Å². The maximum atomic E-state index is 14.2. The molecule has 7 nitrogen and oxygen atoms in total. The third-order valence-electron chi connectivity index (χ3n) is 8.53. The molecule has 7 heteroatoms. The molecule has 1 amide bonds. The van der Waals surface area contributed by atoms with Gasteiger partial charge >= 0.3 is 5.97 Å². The van der Waals surface area contributed by atoms with Crippen LogP contribution in [0, 0.1) is 29.1 Å². The topological polar surface area (TPSA) is 113 Å². The molecule has 3 aliphatic rings. The van der Waals surface area contributed by atoms with Crippen LogP contribution in [0.4, 0.5) is 0 Å². The molecule has 1 heterocycles. The minimum absolute atomic E-state index is 0.287. The Bertz CT molecular complexity index is 1140. The molecule has 0 radical (unpaired) electrons. The highest BCUT2D eigenvalue weighted by Crippen LogP contribution is 2.58. The van der Waals surface area contributed by atoms with Crippen LogP contribution in [0.3, 0.4) is 0 Å². The van der Waals surface area contributed by atoms with Crippen molar-refractivity contribution in [3.8, 4) is 0 Å². The fourth-order valence-electron chi connectivity index (χ4n) is 6.68. The van der Waals surface area contributed by atoms with E-state index in [-0.39, 0.29) is 23.7 Å². The smallest absolute Gasteiger partial charge is 0.303 e. The number of carbonyl (C=O) groups excluding carboxylic acids is 3. The monoisotopic (exact) mass is 507 g/mol. The number of rotatable bonds is 3. The van der Waals surface area contributed by atoms with Crippen molar-refractivity contribution in [1.82, 2.24) is 5.32 Å². The molecule has 0 bridgehead atoms. The third kappa shape index (κ3) is 4.59. The first-order valence-electron chi connectivity index (χ1n) is 12.9. The number of hydrogen-bond donors (Lipinski definition) is 3. The number of allylic oxidation sites excluding steroid dienone is 1. The zero-order valence-electron chi connectivity index (χ0n) is 21.9. The molecule has 1 aromatic rings. The highest BCUT2D eigenvalue weighted by atomic mass is 16.5. The number of aliphatic hydroxyl groups excluding tert-OH is 1. The van der Waals surface area contributed by atoms with Crippen LogP contribution < -0.4 is 5.32 Å². The number of ether oxygens (including phenoxy) is 1. The standard InChI is InChI=1S/C30H37NO6/c1-17-10-9-13-22-26(33)19(3)18(2)25-23(16-21-11-7-6-8-12-21)31-28(35)30(22,25)24(37-20(4)32)14-15-29(5,36)27(17)34/h6-9,11-15,17-18,22-26,33,36H,3,10,16H2,1-2,4-5H3,(H,31,35)/b13-9+,15-14+/t17-,18-,22+,23+,24+,25+,26-,29+,30-/m1/s1. The number of Topliss-reactive ketones (excluding diaryl/α,β-unsaturated/α-hetero) is 1. The van der Waals surface area contributed by atoms with Gasteiger partial charge in [0, 0.05) is 30.7 Å². The Hall–Kier alpha value is -3.03. The number of benzene rings is 1. The molecule has 9 atom stereocenters. The maximum Gasteiger partial charge on any atom is 0.303 e. The molecule has 1 aromatic carbocycles. The maximum absolute atomic E-state index is 14.2. The van der Waals surface area contributed by atoms with Crippen LogP contribution in [-0.2, 0) is 25.5 Å². The highest BCUT2D eigenvalue weighted by Gasteiger charge is 2.68. The molecule has 1 spiro atoms. The van der Waals surface area contributed by atoms with E-state index in [1.165, 1.54) is 26.0 Å². The lowest BCUT2D eigenvalue weighted by atomic mass is 9.51. The van der Waals surface area contributed by atoms with Gasteiger partial charge in [0.2, 0.25) is 5.91 Å². The van der Waals surface area contributed by atoms with Crippen LogP contribution >= 0.6 is 0 Å². The van der Waals surface area contributed by atoms with E-state index in [2.05, 4.69) is 11.9 Å². The SMILES string of the molecule is C=C1[C@@H](C)[C@H]2[C@H](Cc3ccccc3)NC(=O)[C@]23[C@@H](OC(C)=O)/C=C/[C@](C)(O)C(=O)[C@H](C)C/C=C/[C@H]3[C@@H]1O. The van der Waals surface area contributed by atoms with E-state index in [4.69, 9.17) is 4.74 Å². The van der Waals surface area contributed by atoms with Gasteiger partial charge in [0.15, 0.2) is 5.78 Å². The minimum atomic E-state index is -1.82. The molecule has 0 unspecified atom stereocenters. The predicted molar refractivity (Wildman–Crippen MR) is 139 cm³/mol. The molecular formula is C30H37NO6. The van der Waals surface area contributed by atoms with Crippen molar-refractivity contribution < 1.29 is 29.3 Å². The molecule has 1 saturated heterocycles. The van der Waals surface area contributed by atoms with Gasteiger partial charge in [-0.3, -0.25) is 14.4 Å². The summed E-state index contributed by atoms with van der Waals surface area (Å²) in [6.45, 7) is 10.5. The summed E-state index contributed by atoms with van der Waals surface area (Å²) in [6.07, 6.45) is 5.01. The van der Waals surface area contributed by atoms with Crippen LogP contribution in [0.15, 0.2) is 66.8 Å². The molecule has 37 heavy (non-hydrogen) atoms. The average molecular weight is 508 g/mol. The van der Waals surface area contributed by atoms with Crippen molar-refractivity contribution in [3.63, 3.8) is 0 Å². The Morgan fingerprint density at radius 2 is 1.86 bits per heavy atom. The number of ketones is 1. The lowest BCUT2D eigenvalue weighted by molar-refractivity contribution is -0.166. The number of aliphatic hydroxyl groups is 2. The number of esters is 1. The summed E-state index contributed by atoms with van der Waals surface area (Å²) >= 11 is 0. The fourth-order valence-corrected chi connectivity index (χ4v) is 6.68. The summed E-state index contributed by atoms with van der Waals surface area (Å²) in [7, 11) is 0. The third-order valence-corrected chi connectivity index (χ3v) is 8.53. The molecule has 3 N–H and O–H groups in total. The molecule has 2 aliphatic carbocycles. The summed E-state index contributed by atoms with van der Waals surface area (Å²) in [6, 6.07) is 9.49. The van der Waals surface area contributed by atoms with Gasteiger partial charge in [-0.2, -0.15) is 0 Å². The Kier molecular flexibility index (Phi) is 7.32. The van der Waals surface area contributed by atoms with Crippen LogP contribution in [0.5, 0.6) is 0 Å². The van der Waals surface area contributed by atoms with Gasteiger partial charge in [0.1, 0.15) is 17.1 Å². The first-order chi connectivity index (χ1) is 17.4. The Morgan fingerprint density at radius 1 is 1.19 bits per heavy atom. The van der Waals surface area contributed by atoms with Crippen molar-refractivity contribution in [1.29, 1.82) is 0 Å². The Balaban J connectivity index is 1.94. The van der Waals surface area contributed by atoms with Crippen molar-refractivity contribution in [3.05, 3.63) is 72.4 Å². The van der Waals surface area contributed by atoms with Gasteiger partial charge in [-0.05, 0) is 49.0 Å². The van der Waals surface area contributed by atoms with E-state index >= 15 is 0 Å². The van der Waals surface area contributed by atoms with E-state index in [9.17, 15) is 24.6 Å². The second-order valence-corrected chi connectivity index (χ2v) is 11.0. The second kappa shape index (κ2) is 10.0. The van der Waals surface area contributed by atoms with Crippen molar-refractivity contribution >= 4 is 17.7 Å². The van der Waals surface area contributed by atoms with Gasteiger partial charge in [0.25, 0.3) is 0 Å². The first kappa shape index (κ1) is 27.0. The summed E-state index contributed by atoms with van der Waals surface area (Å²) < 4.78 is 5.81. The van der Waals surface area contributed by atoms with Crippen LogP contribution in [0.1, 0.15) is 39.7 Å². The van der Waals surface area contributed by atoms with Crippen LogP contribution in [-0.4, -0.2) is 51.7 Å². The summed E-state index contributed by atoms with van der Waals surface area (Å²) in [5.41, 5.74) is -1.55. The fraction of sp³-hybridized carbons (Fsp3) is 0.500. The van der Waals surface area contributed by atoms with Crippen molar-refractivity contribution in [2.45, 2.75) is 64.4 Å². The van der Waals surface area contributed by atoms with Crippen molar-refractivity contribution in [2.75, 3.05) is 0 Å². The molecule has 4 rings (SSSR count). The van der Waals surface area contributed by atoms with Crippen molar-refractivity contribution in [2.24, 2.45) is 29.1 Å². The normalized spacial score (nSPS) is 41.6. The Morgan fingerprint density at radius 3 is 2.51 bits per heavy atom. The van der Waals surface area contributed by atoms with Gasteiger partial charge in [0.05, 0.1) is 6.10 Å². The summed E-state index contributed by atoms with van der Waals surface area (Å²) in [5, 5.41) is 25.7. The minimum Gasteiger partial charge on any atom is -0.457 e. The zero-order chi connectivity index (χ0) is 27.1. The van der Waals surface area contributed by atoms with E-state index in [0.717, 1.165) is 5.56 Å². The summed E-state index contributed by atoms with van der Waals surface area (Å²) in [5.74, 6) is -3.26.